The first-order valence-corrected chi connectivity index (χ1v) is 16.8. The lowest BCUT2D eigenvalue weighted by Gasteiger charge is -2.46. The predicted molar refractivity (Wildman–Crippen MR) is 163 cm³/mol. The molecular weight excluding hydrogens is 578 g/mol. The minimum atomic E-state index is -3.10. The zero-order valence-corrected chi connectivity index (χ0v) is 25.3. The van der Waals surface area contributed by atoms with Crippen LogP contribution in [-0.2, 0) is 37.9 Å². The Balaban J connectivity index is 1.19. The lowest BCUT2D eigenvalue weighted by molar-refractivity contribution is -0.127. The molecule has 1 aromatic heterocycles. The molecule has 10 nitrogen and oxygen atoms in total. The number of nitrogens with zero attached hydrogens (tertiary/aromatic N) is 4. The van der Waals surface area contributed by atoms with Gasteiger partial charge in [0.05, 0.1) is 25.5 Å². The molecule has 2 aromatic carbocycles. The fourth-order valence-electron chi connectivity index (χ4n) is 6.41. The van der Waals surface area contributed by atoms with E-state index in [4.69, 9.17) is 16.3 Å². The molecule has 2 saturated heterocycles. The van der Waals surface area contributed by atoms with Crippen molar-refractivity contribution in [3.05, 3.63) is 64.8 Å². The highest BCUT2D eigenvalue weighted by molar-refractivity contribution is 7.90. The maximum atomic E-state index is 14.1. The van der Waals surface area contributed by atoms with Crippen molar-refractivity contribution in [1.29, 1.82) is 0 Å². The van der Waals surface area contributed by atoms with Crippen LogP contribution in [0.1, 0.15) is 17.7 Å². The van der Waals surface area contributed by atoms with E-state index in [1.165, 1.54) is 6.26 Å². The summed E-state index contributed by atoms with van der Waals surface area (Å²) >= 11 is 6.28. The molecule has 0 radical (unpaired) electrons. The van der Waals surface area contributed by atoms with Gasteiger partial charge in [0.2, 0.25) is 5.91 Å². The molecule has 3 aromatic rings. The van der Waals surface area contributed by atoms with Crippen LogP contribution in [0.25, 0.3) is 10.9 Å². The molecule has 42 heavy (non-hydrogen) atoms. The maximum absolute atomic E-state index is 14.1. The van der Waals surface area contributed by atoms with E-state index in [0.29, 0.717) is 44.2 Å². The van der Waals surface area contributed by atoms with Gasteiger partial charge in [-0.2, -0.15) is 0 Å². The zero-order chi connectivity index (χ0) is 29.5. The number of para-hydroxylation sites is 1. The lowest BCUT2D eigenvalue weighted by Crippen LogP contribution is -2.67. The van der Waals surface area contributed by atoms with E-state index < -0.39 is 15.3 Å². The molecule has 0 atom stereocenters. The number of ether oxygens (including phenoxy) is 1. The van der Waals surface area contributed by atoms with Crippen LogP contribution in [0.2, 0.25) is 5.02 Å². The van der Waals surface area contributed by atoms with E-state index in [9.17, 15) is 18.0 Å². The summed E-state index contributed by atoms with van der Waals surface area (Å²) in [5, 5.41) is 4.56. The summed E-state index contributed by atoms with van der Waals surface area (Å²) in [7, 11) is -3.10. The van der Waals surface area contributed by atoms with E-state index in [0.717, 1.165) is 60.7 Å². The van der Waals surface area contributed by atoms with Crippen molar-refractivity contribution in [2.75, 3.05) is 69.4 Å². The number of carbonyl (C=O) groups is 2. The van der Waals surface area contributed by atoms with Crippen LogP contribution < -0.4 is 10.2 Å². The van der Waals surface area contributed by atoms with Gasteiger partial charge in [0.15, 0.2) is 0 Å². The Kier molecular flexibility index (Phi) is 7.95. The van der Waals surface area contributed by atoms with Crippen molar-refractivity contribution in [1.82, 2.24) is 19.7 Å². The standard InChI is InChI=1S/C30H36ClN5O5S/c1-42(39,40)16-4-10-35-24(18-22-17-23(31)7-8-26(22)35)19-36-27-6-3-2-5-25(27)30(28(36)37)20-34(21-30)29(38)32-9-11-33-12-14-41-15-13-33/h2-3,5-8,17-18H,4,9-16,19-21H2,1H3,(H,32,38). The highest BCUT2D eigenvalue weighted by Crippen LogP contribution is 2.48. The molecular formula is C30H36ClN5O5S. The number of hydrogen-bond acceptors (Lipinski definition) is 6. The van der Waals surface area contributed by atoms with Crippen molar-refractivity contribution in [3.63, 3.8) is 0 Å². The van der Waals surface area contributed by atoms with Gasteiger partial charge < -0.3 is 24.4 Å². The Morgan fingerprint density at radius 3 is 2.60 bits per heavy atom. The summed E-state index contributed by atoms with van der Waals surface area (Å²) in [5.74, 6) is 0.0607. The first-order chi connectivity index (χ1) is 20.1. The average Bonchev–Trinajstić information content (AvgIpc) is 3.39. The first-order valence-electron chi connectivity index (χ1n) is 14.3. The summed E-state index contributed by atoms with van der Waals surface area (Å²) in [6, 6.07) is 15.3. The van der Waals surface area contributed by atoms with Crippen molar-refractivity contribution in [2.45, 2.75) is 24.9 Å². The van der Waals surface area contributed by atoms with Gasteiger partial charge in [0.1, 0.15) is 15.3 Å². The third-order valence-corrected chi connectivity index (χ3v) is 9.81. The predicted octanol–water partition coefficient (Wildman–Crippen LogP) is 2.87. The largest absolute Gasteiger partial charge is 0.379 e. The number of aromatic nitrogens is 1. The summed E-state index contributed by atoms with van der Waals surface area (Å²) in [5.41, 5.74) is 2.87. The van der Waals surface area contributed by atoms with Gasteiger partial charge >= 0.3 is 6.03 Å². The molecule has 0 aliphatic carbocycles. The van der Waals surface area contributed by atoms with Crippen LogP contribution in [0, 0.1) is 0 Å². The lowest BCUT2D eigenvalue weighted by atomic mass is 9.75. The molecule has 0 bridgehead atoms. The molecule has 1 N–H and O–H groups in total. The Morgan fingerprint density at radius 1 is 1.07 bits per heavy atom. The number of carbonyl (C=O) groups excluding carboxylic acids is 2. The molecule has 3 aliphatic rings. The molecule has 1 spiro atoms. The monoisotopic (exact) mass is 613 g/mol. The minimum absolute atomic E-state index is 0.0213. The van der Waals surface area contributed by atoms with E-state index in [1.807, 2.05) is 53.4 Å². The number of anilines is 1. The molecule has 2 fully saturated rings. The van der Waals surface area contributed by atoms with Gasteiger partial charge in [-0.05, 0) is 42.3 Å². The van der Waals surface area contributed by atoms with Gasteiger partial charge in [-0.15, -0.1) is 0 Å². The number of likely N-dealkylation sites (tertiary alicyclic amines) is 1. The van der Waals surface area contributed by atoms with Gasteiger partial charge in [0, 0.05) is 79.4 Å². The molecule has 224 valence electrons. The number of amides is 3. The topological polar surface area (TPSA) is 104 Å². The van der Waals surface area contributed by atoms with Crippen LogP contribution in [0.5, 0.6) is 0 Å². The van der Waals surface area contributed by atoms with E-state index in [-0.39, 0.29) is 17.7 Å². The molecule has 0 saturated carbocycles. The van der Waals surface area contributed by atoms with Gasteiger partial charge in [0.25, 0.3) is 0 Å². The van der Waals surface area contributed by atoms with Crippen LogP contribution in [0.15, 0.2) is 48.5 Å². The second kappa shape index (κ2) is 11.5. The Morgan fingerprint density at radius 2 is 1.83 bits per heavy atom. The van der Waals surface area contributed by atoms with Crippen molar-refractivity contribution < 1.29 is 22.7 Å². The van der Waals surface area contributed by atoms with Crippen LogP contribution in [0.3, 0.4) is 0 Å². The minimum Gasteiger partial charge on any atom is -0.379 e. The number of aryl methyl sites for hydroxylation is 1. The maximum Gasteiger partial charge on any atom is 0.317 e. The highest BCUT2D eigenvalue weighted by atomic mass is 35.5. The SMILES string of the molecule is CS(=O)(=O)CCCn1c(CN2C(=O)C3(CN(C(=O)NCCN4CCOCC4)C3)c3ccccc32)cc2cc(Cl)ccc21. The second-order valence-corrected chi connectivity index (χ2v) is 14.2. The van der Waals surface area contributed by atoms with Gasteiger partial charge in [-0.3, -0.25) is 9.69 Å². The Hall–Kier alpha value is -3.12. The molecule has 6 rings (SSSR count). The van der Waals surface area contributed by atoms with Gasteiger partial charge in [-0.25, -0.2) is 13.2 Å². The summed E-state index contributed by atoms with van der Waals surface area (Å²) < 4.78 is 31.1. The molecule has 4 heterocycles. The average molecular weight is 614 g/mol. The fraction of sp³-hybridized carbons (Fsp3) is 0.467. The van der Waals surface area contributed by atoms with Crippen molar-refractivity contribution in [3.8, 4) is 0 Å². The zero-order valence-electron chi connectivity index (χ0n) is 23.7. The van der Waals surface area contributed by atoms with Crippen LogP contribution >= 0.6 is 11.6 Å². The van der Waals surface area contributed by atoms with E-state index in [2.05, 4.69) is 14.8 Å². The number of hydrogen-bond donors (Lipinski definition) is 1. The molecule has 12 heteroatoms. The summed E-state index contributed by atoms with van der Waals surface area (Å²) in [4.78, 5) is 32.8. The Bertz CT molecular complexity index is 1610. The van der Waals surface area contributed by atoms with Crippen molar-refractivity contribution in [2.24, 2.45) is 0 Å². The highest BCUT2D eigenvalue weighted by Gasteiger charge is 2.59. The third-order valence-electron chi connectivity index (χ3n) is 8.55. The first kappa shape index (κ1) is 29.0. The van der Waals surface area contributed by atoms with E-state index >= 15 is 0 Å². The number of rotatable bonds is 9. The second-order valence-electron chi connectivity index (χ2n) is 11.5. The van der Waals surface area contributed by atoms with Crippen molar-refractivity contribution >= 4 is 50.0 Å². The van der Waals surface area contributed by atoms with Crippen LogP contribution in [-0.4, -0.2) is 99.2 Å². The van der Waals surface area contributed by atoms with Crippen LogP contribution in [0.4, 0.5) is 10.5 Å². The fourth-order valence-corrected chi connectivity index (χ4v) is 7.24. The summed E-state index contributed by atoms with van der Waals surface area (Å²) in [6.07, 6.45) is 1.70. The Labute approximate surface area is 251 Å². The van der Waals surface area contributed by atoms with Gasteiger partial charge in [-0.1, -0.05) is 29.8 Å². The number of nitrogens with one attached hydrogen (secondary N) is 1. The number of benzene rings is 2. The molecule has 3 aliphatic heterocycles. The quantitative estimate of drug-likeness (QED) is 0.398. The normalized spacial score (nSPS) is 18.5. The molecule has 0 unspecified atom stereocenters. The van der Waals surface area contributed by atoms with E-state index in [1.54, 1.807) is 4.90 Å². The smallest absolute Gasteiger partial charge is 0.317 e. The number of halogens is 1. The third kappa shape index (κ3) is 5.62. The molecule has 3 amide bonds. The number of fused-ring (bicyclic) bond motifs is 3. The number of sulfone groups is 1. The number of urea groups is 1. The number of morpholine rings is 1. The summed E-state index contributed by atoms with van der Waals surface area (Å²) in [6.45, 7) is 5.98.